The number of para-hydroxylation sites is 1. The van der Waals surface area contributed by atoms with Crippen molar-refractivity contribution in [2.45, 2.75) is 13.0 Å². The third-order valence-electron chi connectivity index (χ3n) is 6.80. The number of rotatable bonds is 5. The van der Waals surface area contributed by atoms with Gasteiger partial charge in [0.05, 0.1) is 21.8 Å². The smallest absolute Gasteiger partial charge is 0.197 e. The van der Waals surface area contributed by atoms with Gasteiger partial charge >= 0.3 is 0 Å². The summed E-state index contributed by atoms with van der Waals surface area (Å²) >= 11 is 3.53. The van der Waals surface area contributed by atoms with E-state index >= 15 is 0 Å². The summed E-state index contributed by atoms with van der Waals surface area (Å²) in [4.78, 5) is 31.6. The number of pyridine rings is 3. The fraction of sp³-hybridized carbons (Fsp3) is 0.0690. The van der Waals surface area contributed by atoms with Crippen LogP contribution in [0.3, 0.4) is 0 Å². The summed E-state index contributed by atoms with van der Waals surface area (Å²) in [6.07, 6.45) is 5.71. The van der Waals surface area contributed by atoms with E-state index in [9.17, 15) is 9.59 Å². The first-order valence-corrected chi connectivity index (χ1v) is 12.7. The number of hydrogen-bond donors (Lipinski definition) is 1. The van der Waals surface area contributed by atoms with Crippen LogP contribution in [0, 0.1) is 0 Å². The Labute approximate surface area is 223 Å². The molecule has 7 aromatic rings. The molecular formula is C29H18BrN5O3. The number of ether oxygens (including phenoxy) is 1. The lowest BCUT2D eigenvalue weighted by atomic mass is 10.0. The van der Waals surface area contributed by atoms with Crippen molar-refractivity contribution in [1.82, 2.24) is 24.8 Å². The van der Waals surface area contributed by atoms with Gasteiger partial charge in [-0.15, -0.1) is 0 Å². The molecule has 0 saturated heterocycles. The topological polar surface area (TPSA) is 102 Å². The fourth-order valence-corrected chi connectivity index (χ4v) is 5.38. The molecule has 4 heterocycles. The van der Waals surface area contributed by atoms with Crippen LogP contribution >= 0.6 is 15.9 Å². The second kappa shape index (κ2) is 8.74. The highest BCUT2D eigenvalue weighted by molar-refractivity contribution is 9.10. The summed E-state index contributed by atoms with van der Waals surface area (Å²) < 4.78 is 8.94. The molecule has 0 bridgehead atoms. The molecule has 0 amide bonds. The monoisotopic (exact) mass is 563 g/mol. The van der Waals surface area contributed by atoms with Gasteiger partial charge in [-0.05, 0) is 48.0 Å². The molecule has 38 heavy (non-hydrogen) atoms. The molecule has 0 aliphatic carbocycles. The number of nitrogens with one attached hydrogen (secondary N) is 1. The van der Waals surface area contributed by atoms with Gasteiger partial charge in [0.2, 0.25) is 0 Å². The van der Waals surface area contributed by atoms with Crippen LogP contribution in [-0.4, -0.2) is 24.8 Å². The van der Waals surface area contributed by atoms with E-state index in [1.807, 2.05) is 53.1 Å². The van der Waals surface area contributed by atoms with Crippen LogP contribution in [0.4, 0.5) is 0 Å². The average Bonchev–Trinajstić information content (AvgIpc) is 3.42. The summed E-state index contributed by atoms with van der Waals surface area (Å²) in [6, 6.07) is 18.4. The highest BCUT2D eigenvalue weighted by Gasteiger charge is 2.18. The van der Waals surface area contributed by atoms with E-state index in [0.717, 1.165) is 26.6 Å². The third kappa shape index (κ3) is 3.62. The zero-order chi connectivity index (χ0) is 25.8. The Morgan fingerprint density at radius 1 is 0.895 bits per heavy atom. The SMILES string of the molecule is O=c1c(Cc2cccnc2)cn2c3cc(Br)ccc3c(=O)c3cc(OCc4cccc5n[nH]nc45)cc1c32. The number of nitrogens with zero attached hydrogens (tertiary/aromatic N) is 4. The largest absolute Gasteiger partial charge is 0.489 e. The number of halogens is 1. The van der Waals surface area contributed by atoms with E-state index in [1.54, 1.807) is 30.6 Å². The Morgan fingerprint density at radius 3 is 2.61 bits per heavy atom. The molecule has 0 fully saturated rings. The average molecular weight is 564 g/mol. The van der Waals surface area contributed by atoms with Crippen LogP contribution in [0.5, 0.6) is 5.75 Å². The molecule has 184 valence electrons. The third-order valence-corrected chi connectivity index (χ3v) is 7.29. The lowest BCUT2D eigenvalue weighted by Gasteiger charge is -2.15. The number of H-pyrrole nitrogens is 1. The maximum Gasteiger partial charge on any atom is 0.197 e. The Bertz CT molecular complexity index is 2120. The van der Waals surface area contributed by atoms with Crippen LogP contribution < -0.4 is 15.6 Å². The molecular weight excluding hydrogens is 546 g/mol. The van der Waals surface area contributed by atoms with Crippen LogP contribution in [0.15, 0.2) is 93.3 Å². The molecule has 4 aromatic heterocycles. The Balaban J connectivity index is 1.46. The van der Waals surface area contributed by atoms with Gasteiger partial charge in [0.15, 0.2) is 10.9 Å². The van der Waals surface area contributed by atoms with Crippen molar-refractivity contribution < 1.29 is 4.74 Å². The van der Waals surface area contributed by atoms with Crippen LogP contribution in [0.1, 0.15) is 16.7 Å². The number of benzene rings is 3. The summed E-state index contributed by atoms with van der Waals surface area (Å²) in [5, 5.41) is 12.4. The predicted molar refractivity (Wildman–Crippen MR) is 149 cm³/mol. The first-order chi connectivity index (χ1) is 18.6. The van der Waals surface area contributed by atoms with Gasteiger partial charge in [-0.1, -0.05) is 34.1 Å². The molecule has 9 heteroatoms. The standard InChI is InChI=1S/C29H18BrN5O3/c30-19-6-7-21-25(10-19)35-14-18(9-16-3-2-8-31-13-16)28(36)22-11-20(12-23(27(22)35)29(21)37)38-15-17-4-1-5-24-26(17)33-34-32-24/h1-8,10-14H,9,15H2,(H,32,33,34). The molecule has 0 aliphatic rings. The van der Waals surface area contributed by atoms with Crippen molar-refractivity contribution >= 4 is 54.2 Å². The quantitative estimate of drug-likeness (QED) is 0.233. The number of aromatic nitrogens is 5. The fourth-order valence-electron chi connectivity index (χ4n) is 5.03. The molecule has 0 spiro atoms. The number of hydrogen-bond acceptors (Lipinski definition) is 6. The number of aromatic amines is 1. The second-order valence-electron chi connectivity index (χ2n) is 9.15. The molecule has 1 N–H and O–H groups in total. The van der Waals surface area contributed by atoms with Gasteiger partial charge in [0.1, 0.15) is 23.4 Å². The van der Waals surface area contributed by atoms with Crippen molar-refractivity contribution in [3.05, 3.63) is 121 Å². The number of fused-ring (bicyclic) bond motifs is 3. The minimum atomic E-state index is -0.152. The Hall–Kier alpha value is -4.63. The van der Waals surface area contributed by atoms with Gasteiger partial charge < -0.3 is 9.14 Å². The maximum atomic E-state index is 13.8. The van der Waals surface area contributed by atoms with Crippen molar-refractivity contribution in [3.63, 3.8) is 0 Å². The van der Waals surface area contributed by atoms with Crippen molar-refractivity contribution in [1.29, 1.82) is 0 Å². The first kappa shape index (κ1) is 22.6. The van der Waals surface area contributed by atoms with E-state index in [2.05, 4.69) is 36.3 Å². The van der Waals surface area contributed by atoms with Crippen LogP contribution in [0.2, 0.25) is 0 Å². The Kier molecular flexibility index (Phi) is 5.19. The van der Waals surface area contributed by atoms with Gasteiger partial charge in [-0.3, -0.25) is 14.6 Å². The normalized spacial score (nSPS) is 11.7. The van der Waals surface area contributed by atoms with Crippen molar-refractivity contribution in [3.8, 4) is 5.75 Å². The highest BCUT2D eigenvalue weighted by Crippen LogP contribution is 2.29. The summed E-state index contributed by atoms with van der Waals surface area (Å²) in [6.45, 7) is 0.204. The summed E-state index contributed by atoms with van der Waals surface area (Å²) in [7, 11) is 0. The minimum absolute atomic E-state index is 0.142. The molecule has 0 aliphatic heterocycles. The Morgan fingerprint density at radius 2 is 1.76 bits per heavy atom. The molecule has 7 rings (SSSR count). The molecule has 0 saturated carbocycles. The molecule has 0 radical (unpaired) electrons. The van der Waals surface area contributed by atoms with Crippen LogP contribution in [0.25, 0.3) is 38.2 Å². The molecule has 3 aromatic carbocycles. The van der Waals surface area contributed by atoms with E-state index in [1.165, 1.54) is 0 Å². The van der Waals surface area contributed by atoms with E-state index in [-0.39, 0.29) is 17.5 Å². The zero-order valence-electron chi connectivity index (χ0n) is 19.8. The molecule has 8 nitrogen and oxygen atoms in total. The molecule has 0 unspecified atom stereocenters. The summed E-state index contributed by atoms with van der Waals surface area (Å²) in [5.41, 5.74) is 4.82. The van der Waals surface area contributed by atoms with Crippen LogP contribution in [-0.2, 0) is 13.0 Å². The lowest BCUT2D eigenvalue weighted by molar-refractivity contribution is 0.308. The summed E-state index contributed by atoms with van der Waals surface area (Å²) in [5.74, 6) is 0.434. The van der Waals surface area contributed by atoms with Crippen molar-refractivity contribution in [2.75, 3.05) is 0 Å². The van der Waals surface area contributed by atoms with Gasteiger partial charge in [-0.25, -0.2) is 0 Å². The highest BCUT2D eigenvalue weighted by atomic mass is 79.9. The van der Waals surface area contributed by atoms with E-state index in [0.29, 0.717) is 44.9 Å². The minimum Gasteiger partial charge on any atom is -0.489 e. The van der Waals surface area contributed by atoms with E-state index in [4.69, 9.17) is 4.74 Å². The second-order valence-corrected chi connectivity index (χ2v) is 10.1. The first-order valence-electron chi connectivity index (χ1n) is 11.9. The zero-order valence-corrected chi connectivity index (χ0v) is 21.4. The van der Waals surface area contributed by atoms with Gasteiger partial charge in [0, 0.05) is 46.0 Å². The predicted octanol–water partition coefficient (Wildman–Crippen LogP) is 5.00. The van der Waals surface area contributed by atoms with E-state index < -0.39 is 0 Å². The van der Waals surface area contributed by atoms with Crippen molar-refractivity contribution in [2.24, 2.45) is 0 Å². The van der Waals surface area contributed by atoms with Gasteiger partial charge in [-0.2, -0.15) is 15.4 Å². The lowest BCUT2D eigenvalue weighted by Crippen LogP contribution is -2.17. The molecule has 0 atom stereocenters. The van der Waals surface area contributed by atoms with Gasteiger partial charge in [0.25, 0.3) is 0 Å². The maximum absolute atomic E-state index is 13.8.